The molecule has 1 aromatic heterocycles. The van der Waals surface area contributed by atoms with Crippen molar-refractivity contribution < 1.29 is 0 Å². The number of rotatable bonds is 6. The van der Waals surface area contributed by atoms with Crippen LogP contribution in [0.1, 0.15) is 24.0 Å². The molecular formula is C17H20ClN3. The Kier molecular flexibility index (Phi) is 4.42. The van der Waals surface area contributed by atoms with Crippen LogP contribution in [0.4, 0.5) is 5.69 Å². The van der Waals surface area contributed by atoms with Crippen molar-refractivity contribution in [2.24, 2.45) is 0 Å². The van der Waals surface area contributed by atoms with Gasteiger partial charge in [-0.2, -0.15) is 0 Å². The van der Waals surface area contributed by atoms with Crippen LogP contribution >= 0.6 is 11.6 Å². The maximum atomic E-state index is 6.18. The van der Waals surface area contributed by atoms with Gasteiger partial charge in [-0.05, 0) is 48.2 Å². The van der Waals surface area contributed by atoms with E-state index >= 15 is 0 Å². The molecule has 1 fully saturated rings. The molecule has 0 saturated heterocycles. The third-order valence-electron chi connectivity index (χ3n) is 3.79. The minimum Gasteiger partial charge on any atom is -0.370 e. The van der Waals surface area contributed by atoms with E-state index in [-0.39, 0.29) is 0 Å². The molecule has 1 aliphatic rings. The number of hydrogen-bond acceptors (Lipinski definition) is 3. The second-order valence-corrected chi connectivity index (χ2v) is 6.08. The van der Waals surface area contributed by atoms with E-state index in [1.807, 2.05) is 36.7 Å². The van der Waals surface area contributed by atoms with E-state index in [9.17, 15) is 0 Å². The molecule has 21 heavy (non-hydrogen) atoms. The first-order chi connectivity index (χ1) is 10.2. The standard InChI is InChI=1S/C17H20ClN3/c1-21(12-13-6-8-19-9-7-13)17-10-15(18)3-2-14(17)11-20-16-4-5-16/h2-3,6-10,16,20H,4-5,11-12H2,1H3. The Morgan fingerprint density at radius 2 is 2.00 bits per heavy atom. The molecule has 0 spiro atoms. The highest BCUT2D eigenvalue weighted by atomic mass is 35.5. The Labute approximate surface area is 131 Å². The van der Waals surface area contributed by atoms with Gasteiger partial charge in [0.05, 0.1) is 0 Å². The molecular weight excluding hydrogens is 282 g/mol. The molecule has 110 valence electrons. The molecule has 1 heterocycles. The summed E-state index contributed by atoms with van der Waals surface area (Å²) in [5, 5.41) is 4.35. The van der Waals surface area contributed by atoms with Gasteiger partial charge in [0.25, 0.3) is 0 Å². The molecule has 0 radical (unpaired) electrons. The molecule has 0 unspecified atom stereocenters. The quantitative estimate of drug-likeness (QED) is 0.883. The summed E-state index contributed by atoms with van der Waals surface area (Å²) in [5.41, 5.74) is 3.73. The van der Waals surface area contributed by atoms with E-state index in [0.717, 1.165) is 18.1 Å². The molecule has 2 aromatic rings. The van der Waals surface area contributed by atoms with Gasteiger partial charge in [-0.15, -0.1) is 0 Å². The number of benzene rings is 1. The van der Waals surface area contributed by atoms with Crippen LogP contribution < -0.4 is 10.2 Å². The molecule has 1 aromatic carbocycles. The van der Waals surface area contributed by atoms with Crippen molar-refractivity contribution in [3.05, 3.63) is 58.9 Å². The smallest absolute Gasteiger partial charge is 0.0427 e. The maximum absolute atomic E-state index is 6.18. The van der Waals surface area contributed by atoms with E-state index in [2.05, 4.69) is 28.3 Å². The van der Waals surface area contributed by atoms with Crippen LogP contribution in [0.5, 0.6) is 0 Å². The predicted molar refractivity (Wildman–Crippen MR) is 87.7 cm³/mol. The normalized spacial score (nSPS) is 14.2. The summed E-state index contributed by atoms with van der Waals surface area (Å²) in [6, 6.07) is 10.9. The third kappa shape index (κ3) is 3.96. The second kappa shape index (κ2) is 6.46. The van der Waals surface area contributed by atoms with Crippen molar-refractivity contribution in [1.82, 2.24) is 10.3 Å². The molecule has 1 aliphatic carbocycles. The second-order valence-electron chi connectivity index (χ2n) is 5.64. The van der Waals surface area contributed by atoms with Crippen molar-refractivity contribution in [1.29, 1.82) is 0 Å². The summed E-state index contributed by atoms with van der Waals surface area (Å²) in [4.78, 5) is 6.30. The molecule has 0 aliphatic heterocycles. The van der Waals surface area contributed by atoms with Crippen LogP contribution in [-0.4, -0.2) is 18.1 Å². The van der Waals surface area contributed by atoms with Crippen LogP contribution in [0.2, 0.25) is 5.02 Å². The Morgan fingerprint density at radius 1 is 1.24 bits per heavy atom. The van der Waals surface area contributed by atoms with Gasteiger partial charge in [-0.1, -0.05) is 17.7 Å². The predicted octanol–water partition coefficient (Wildman–Crippen LogP) is 3.62. The van der Waals surface area contributed by atoms with Crippen LogP contribution in [0.25, 0.3) is 0 Å². The zero-order valence-corrected chi connectivity index (χ0v) is 13.0. The molecule has 1 saturated carbocycles. The SMILES string of the molecule is CN(Cc1ccncc1)c1cc(Cl)ccc1CNC1CC1. The highest BCUT2D eigenvalue weighted by Crippen LogP contribution is 2.27. The molecule has 0 bridgehead atoms. The van der Waals surface area contributed by atoms with Crippen molar-refractivity contribution in [2.45, 2.75) is 32.0 Å². The Balaban J connectivity index is 1.76. The maximum Gasteiger partial charge on any atom is 0.0427 e. The summed E-state index contributed by atoms with van der Waals surface area (Å²) < 4.78 is 0. The largest absolute Gasteiger partial charge is 0.370 e. The zero-order valence-electron chi connectivity index (χ0n) is 12.2. The Hall–Kier alpha value is -1.58. The van der Waals surface area contributed by atoms with Gasteiger partial charge < -0.3 is 10.2 Å². The number of halogens is 1. The van der Waals surface area contributed by atoms with Crippen molar-refractivity contribution in [3.63, 3.8) is 0 Å². The lowest BCUT2D eigenvalue weighted by Gasteiger charge is -2.23. The van der Waals surface area contributed by atoms with Crippen molar-refractivity contribution in [3.8, 4) is 0 Å². The lowest BCUT2D eigenvalue weighted by molar-refractivity contribution is 0.685. The van der Waals surface area contributed by atoms with Gasteiger partial charge in [-0.25, -0.2) is 0 Å². The van der Waals surface area contributed by atoms with Gasteiger partial charge in [-0.3, -0.25) is 4.98 Å². The fourth-order valence-electron chi connectivity index (χ4n) is 2.43. The topological polar surface area (TPSA) is 28.2 Å². The molecule has 3 nitrogen and oxygen atoms in total. The highest BCUT2D eigenvalue weighted by Gasteiger charge is 2.20. The first-order valence-corrected chi connectivity index (χ1v) is 7.72. The number of nitrogens with one attached hydrogen (secondary N) is 1. The average Bonchev–Trinajstić information content (AvgIpc) is 3.31. The first kappa shape index (κ1) is 14.4. The Bertz CT molecular complexity index is 596. The molecule has 1 N–H and O–H groups in total. The lowest BCUT2D eigenvalue weighted by atomic mass is 10.1. The van der Waals surface area contributed by atoms with E-state index in [4.69, 9.17) is 11.6 Å². The van der Waals surface area contributed by atoms with Crippen LogP contribution in [0.15, 0.2) is 42.7 Å². The molecule has 0 amide bonds. The Morgan fingerprint density at radius 3 is 2.71 bits per heavy atom. The number of aromatic nitrogens is 1. The summed E-state index contributed by atoms with van der Waals surface area (Å²) in [6.07, 6.45) is 6.26. The van der Waals surface area contributed by atoms with Gasteiger partial charge >= 0.3 is 0 Å². The molecule has 4 heteroatoms. The highest BCUT2D eigenvalue weighted by molar-refractivity contribution is 6.30. The third-order valence-corrected chi connectivity index (χ3v) is 4.02. The average molecular weight is 302 g/mol. The van der Waals surface area contributed by atoms with E-state index in [1.165, 1.54) is 29.7 Å². The van der Waals surface area contributed by atoms with Crippen LogP contribution in [-0.2, 0) is 13.1 Å². The lowest BCUT2D eigenvalue weighted by Crippen LogP contribution is -2.21. The fraction of sp³-hybridized carbons (Fsp3) is 0.353. The first-order valence-electron chi connectivity index (χ1n) is 7.34. The minimum absolute atomic E-state index is 0.707. The van der Waals surface area contributed by atoms with Crippen molar-refractivity contribution in [2.75, 3.05) is 11.9 Å². The number of pyridine rings is 1. The van der Waals surface area contributed by atoms with Crippen LogP contribution in [0.3, 0.4) is 0 Å². The van der Waals surface area contributed by atoms with Crippen LogP contribution in [0, 0.1) is 0 Å². The monoisotopic (exact) mass is 301 g/mol. The van der Waals surface area contributed by atoms with Gasteiger partial charge in [0.15, 0.2) is 0 Å². The summed E-state index contributed by atoms with van der Waals surface area (Å²) in [5.74, 6) is 0. The molecule has 0 atom stereocenters. The van der Waals surface area contributed by atoms with Gasteiger partial charge in [0.1, 0.15) is 0 Å². The van der Waals surface area contributed by atoms with Crippen molar-refractivity contribution >= 4 is 17.3 Å². The fourth-order valence-corrected chi connectivity index (χ4v) is 2.60. The van der Waals surface area contributed by atoms with E-state index in [1.54, 1.807) is 0 Å². The van der Waals surface area contributed by atoms with Gasteiger partial charge in [0, 0.05) is 49.3 Å². The summed E-state index contributed by atoms with van der Waals surface area (Å²) in [7, 11) is 2.10. The summed E-state index contributed by atoms with van der Waals surface area (Å²) >= 11 is 6.18. The zero-order chi connectivity index (χ0) is 14.7. The van der Waals surface area contributed by atoms with E-state index in [0.29, 0.717) is 6.04 Å². The number of nitrogens with zero attached hydrogens (tertiary/aromatic N) is 2. The van der Waals surface area contributed by atoms with Gasteiger partial charge in [0.2, 0.25) is 0 Å². The summed E-state index contributed by atoms with van der Waals surface area (Å²) in [6.45, 7) is 1.75. The number of anilines is 1. The molecule has 3 rings (SSSR count). The van der Waals surface area contributed by atoms with E-state index < -0.39 is 0 Å². The number of hydrogen-bond donors (Lipinski definition) is 1. The minimum atomic E-state index is 0.707.